The van der Waals surface area contributed by atoms with E-state index in [1.807, 2.05) is 0 Å². The summed E-state index contributed by atoms with van der Waals surface area (Å²) >= 11 is 9.07. The van der Waals surface area contributed by atoms with Crippen LogP contribution in [0.1, 0.15) is 28.4 Å². The van der Waals surface area contributed by atoms with Gasteiger partial charge in [-0.15, -0.1) is 0 Å². The van der Waals surface area contributed by atoms with Crippen LogP contribution in [0.5, 0.6) is 5.75 Å². The molecule has 0 aromatic heterocycles. The third-order valence-electron chi connectivity index (χ3n) is 3.71. The molecule has 0 spiro atoms. The maximum atomic E-state index is 12.2. The van der Waals surface area contributed by atoms with Gasteiger partial charge in [0.15, 0.2) is 0 Å². The van der Waals surface area contributed by atoms with Gasteiger partial charge in [0.25, 0.3) is 5.91 Å². The summed E-state index contributed by atoms with van der Waals surface area (Å²) in [6, 6.07) is 7.97. The SMILES string of the molecule is Nc1cccc(C(=O)NCC(=O)N[C@H](CC(=O)O)c2cc(Cl)cc(Br)c2O)c1. The molecular weight excluding hydrogens is 454 g/mol. The second-order valence-corrected chi connectivity index (χ2v) is 7.14. The van der Waals surface area contributed by atoms with Crippen LogP contribution in [0.3, 0.4) is 0 Å². The van der Waals surface area contributed by atoms with Gasteiger partial charge in [-0.05, 0) is 46.3 Å². The van der Waals surface area contributed by atoms with Crippen molar-refractivity contribution in [1.29, 1.82) is 0 Å². The van der Waals surface area contributed by atoms with Gasteiger partial charge in [-0.25, -0.2) is 0 Å². The number of carbonyl (C=O) groups is 3. The van der Waals surface area contributed by atoms with E-state index in [0.717, 1.165) is 0 Å². The van der Waals surface area contributed by atoms with E-state index in [4.69, 9.17) is 22.4 Å². The quantitative estimate of drug-likeness (QED) is 0.394. The number of rotatable bonds is 7. The molecule has 0 bridgehead atoms. The Bertz CT molecular complexity index is 922. The van der Waals surface area contributed by atoms with Crippen LogP contribution in [-0.4, -0.2) is 34.5 Å². The number of phenols is 1. The van der Waals surface area contributed by atoms with Crippen molar-refractivity contribution in [3.63, 3.8) is 0 Å². The Morgan fingerprint density at radius 3 is 2.57 bits per heavy atom. The molecule has 6 N–H and O–H groups in total. The predicted molar refractivity (Wildman–Crippen MR) is 107 cm³/mol. The zero-order valence-corrected chi connectivity index (χ0v) is 16.8. The lowest BCUT2D eigenvalue weighted by molar-refractivity contribution is -0.137. The number of amides is 2. The van der Waals surface area contributed by atoms with Gasteiger partial charge in [0, 0.05) is 21.8 Å². The van der Waals surface area contributed by atoms with Gasteiger partial charge < -0.3 is 26.6 Å². The minimum absolute atomic E-state index is 0.136. The Morgan fingerprint density at radius 1 is 1.21 bits per heavy atom. The highest BCUT2D eigenvalue weighted by Gasteiger charge is 2.23. The fourth-order valence-electron chi connectivity index (χ4n) is 2.45. The Morgan fingerprint density at radius 2 is 1.93 bits per heavy atom. The number of hydrogen-bond donors (Lipinski definition) is 5. The summed E-state index contributed by atoms with van der Waals surface area (Å²) < 4.78 is 0.259. The number of carboxylic acid groups (broad SMARTS) is 1. The molecule has 0 aliphatic carbocycles. The van der Waals surface area contributed by atoms with Crippen LogP contribution in [0.2, 0.25) is 5.02 Å². The lowest BCUT2D eigenvalue weighted by Crippen LogP contribution is -2.39. The van der Waals surface area contributed by atoms with Gasteiger partial charge in [-0.1, -0.05) is 17.7 Å². The van der Waals surface area contributed by atoms with Crippen molar-refractivity contribution < 1.29 is 24.6 Å². The van der Waals surface area contributed by atoms with Gasteiger partial charge in [-0.2, -0.15) is 0 Å². The van der Waals surface area contributed by atoms with E-state index in [-0.39, 0.29) is 26.4 Å². The third-order valence-corrected chi connectivity index (χ3v) is 4.53. The molecular formula is C18H17BrClN3O5. The van der Waals surface area contributed by atoms with Gasteiger partial charge in [0.2, 0.25) is 5.91 Å². The molecule has 0 radical (unpaired) electrons. The molecule has 2 rings (SSSR count). The minimum atomic E-state index is -1.19. The van der Waals surface area contributed by atoms with Gasteiger partial charge in [0.05, 0.1) is 23.5 Å². The number of aliphatic carboxylic acids is 1. The van der Waals surface area contributed by atoms with Crippen molar-refractivity contribution in [3.05, 3.63) is 57.0 Å². The van der Waals surface area contributed by atoms with Crippen molar-refractivity contribution >= 4 is 51.0 Å². The molecule has 0 heterocycles. The molecule has 0 aliphatic rings. The zero-order chi connectivity index (χ0) is 20.8. The first-order chi connectivity index (χ1) is 13.2. The fraction of sp³-hybridized carbons (Fsp3) is 0.167. The zero-order valence-electron chi connectivity index (χ0n) is 14.4. The van der Waals surface area contributed by atoms with Crippen LogP contribution in [0.25, 0.3) is 0 Å². The summed E-state index contributed by atoms with van der Waals surface area (Å²) in [4.78, 5) is 35.5. The van der Waals surface area contributed by atoms with Crippen molar-refractivity contribution in [2.75, 3.05) is 12.3 Å². The van der Waals surface area contributed by atoms with Gasteiger partial charge in [0.1, 0.15) is 5.75 Å². The lowest BCUT2D eigenvalue weighted by Gasteiger charge is -2.20. The van der Waals surface area contributed by atoms with Gasteiger partial charge in [-0.3, -0.25) is 14.4 Å². The number of hydrogen-bond acceptors (Lipinski definition) is 5. The van der Waals surface area contributed by atoms with E-state index in [9.17, 15) is 19.5 Å². The number of benzene rings is 2. The smallest absolute Gasteiger partial charge is 0.305 e. The maximum absolute atomic E-state index is 12.2. The number of carboxylic acids is 1. The lowest BCUT2D eigenvalue weighted by atomic mass is 10.0. The summed E-state index contributed by atoms with van der Waals surface area (Å²) in [7, 11) is 0. The monoisotopic (exact) mass is 469 g/mol. The van der Waals surface area contributed by atoms with Crippen molar-refractivity contribution in [2.45, 2.75) is 12.5 Å². The maximum Gasteiger partial charge on any atom is 0.305 e. The minimum Gasteiger partial charge on any atom is -0.506 e. The highest BCUT2D eigenvalue weighted by molar-refractivity contribution is 9.10. The van der Waals surface area contributed by atoms with E-state index < -0.39 is 36.8 Å². The van der Waals surface area contributed by atoms with E-state index in [1.54, 1.807) is 18.2 Å². The number of anilines is 1. The summed E-state index contributed by atoms with van der Waals surface area (Å²) in [5.41, 5.74) is 6.44. The van der Waals surface area contributed by atoms with Gasteiger partial charge >= 0.3 is 5.97 Å². The molecule has 10 heteroatoms. The predicted octanol–water partition coefficient (Wildman–Crippen LogP) is 2.45. The molecule has 0 unspecified atom stereocenters. The van der Waals surface area contributed by atoms with Crippen LogP contribution in [0.15, 0.2) is 40.9 Å². The molecule has 2 aromatic carbocycles. The summed E-state index contributed by atoms with van der Waals surface area (Å²) in [6.07, 6.45) is -0.491. The molecule has 1 atom stereocenters. The van der Waals surface area contributed by atoms with E-state index >= 15 is 0 Å². The van der Waals surface area contributed by atoms with E-state index in [2.05, 4.69) is 26.6 Å². The third kappa shape index (κ3) is 5.86. The van der Waals surface area contributed by atoms with Crippen LogP contribution >= 0.6 is 27.5 Å². The second kappa shape index (κ2) is 9.43. The van der Waals surface area contributed by atoms with Crippen LogP contribution in [0, 0.1) is 0 Å². The van der Waals surface area contributed by atoms with E-state index in [1.165, 1.54) is 18.2 Å². The highest BCUT2D eigenvalue weighted by Crippen LogP contribution is 2.36. The Kier molecular flexibility index (Phi) is 7.24. The average molecular weight is 471 g/mol. The number of phenolic OH excluding ortho intramolecular Hbond substituents is 1. The number of aromatic hydroxyl groups is 1. The molecule has 8 nitrogen and oxygen atoms in total. The number of carbonyl (C=O) groups excluding carboxylic acids is 2. The number of nitrogens with two attached hydrogens (primary N) is 1. The first-order valence-electron chi connectivity index (χ1n) is 8.00. The van der Waals surface area contributed by atoms with Crippen molar-refractivity contribution in [1.82, 2.24) is 10.6 Å². The molecule has 2 aromatic rings. The summed E-state index contributed by atoms with van der Waals surface area (Å²) in [6.45, 7) is -0.397. The fourth-order valence-corrected chi connectivity index (χ4v) is 3.29. The number of nitrogen functional groups attached to an aromatic ring is 1. The molecule has 28 heavy (non-hydrogen) atoms. The van der Waals surface area contributed by atoms with Crippen LogP contribution in [0.4, 0.5) is 5.69 Å². The average Bonchev–Trinajstić information content (AvgIpc) is 2.61. The first-order valence-corrected chi connectivity index (χ1v) is 9.17. The second-order valence-electron chi connectivity index (χ2n) is 5.85. The molecule has 148 valence electrons. The molecule has 0 saturated carbocycles. The summed E-state index contributed by atoms with van der Waals surface area (Å²) in [5, 5.41) is 24.5. The largest absolute Gasteiger partial charge is 0.506 e. The Hall–Kier alpha value is -2.78. The Balaban J connectivity index is 2.09. The molecule has 0 fully saturated rings. The van der Waals surface area contributed by atoms with Crippen molar-refractivity contribution in [2.24, 2.45) is 0 Å². The number of nitrogens with one attached hydrogen (secondary N) is 2. The van der Waals surface area contributed by atoms with E-state index in [0.29, 0.717) is 5.69 Å². The van der Waals surface area contributed by atoms with Crippen molar-refractivity contribution in [3.8, 4) is 5.75 Å². The molecule has 0 aliphatic heterocycles. The summed E-state index contributed by atoms with van der Waals surface area (Å²) in [5.74, 6) is -2.58. The molecule has 2 amide bonds. The number of halogens is 2. The first kappa shape index (κ1) is 21.5. The highest BCUT2D eigenvalue weighted by atomic mass is 79.9. The van der Waals surface area contributed by atoms with Crippen LogP contribution in [-0.2, 0) is 9.59 Å². The standard InChI is InChI=1S/C18H17BrClN3O5/c19-13-6-10(20)5-12(17(13)27)14(7-16(25)26)23-15(24)8-22-18(28)9-2-1-3-11(21)4-9/h1-6,14,27H,7-8,21H2,(H,22,28)(H,23,24)(H,25,26)/t14-/m1/s1. The van der Waals surface area contributed by atoms with Crippen LogP contribution < -0.4 is 16.4 Å². The normalized spacial score (nSPS) is 11.5. The Labute approximate surface area is 173 Å². The topological polar surface area (TPSA) is 142 Å². The molecule has 0 saturated heterocycles.